The normalized spacial score (nSPS) is 11.4. The van der Waals surface area contributed by atoms with Crippen LogP contribution in [0.3, 0.4) is 0 Å². The summed E-state index contributed by atoms with van der Waals surface area (Å²) in [5, 5.41) is 29.0. The van der Waals surface area contributed by atoms with Crippen molar-refractivity contribution in [2.24, 2.45) is 0 Å². The Morgan fingerprint density at radius 1 is 0.255 bits per heavy atom. The maximum absolute atomic E-state index is 9.26. The molecule has 22 rings (SSSR count). The highest BCUT2D eigenvalue weighted by Gasteiger charge is 2.18. The molecular formula is C98H56N12. The molecule has 0 saturated heterocycles. The highest BCUT2D eigenvalue weighted by Crippen LogP contribution is 2.40. The number of rotatable bonds is 6. The standard InChI is InChI=1S/2C34H20N4.C30H16N4/c1-3-23-19-35-17-15-25(23)27(5-1)31-13-9-21-7-12-30-29(33(21)37-31)11-8-22-10-14-32(38-34(22)30)28-6-2-4-24-20-36-18-16-26(24)28;1-3-7-29-23(5-1)25(17-19-35-29)31-15-11-21-9-14-28-27(33(21)37-31)13-10-22-12-16-32(38-34(22)28)26-18-20-36-30-8-4-2-6-24(26)30;1-32-24-7-3-6-23(17-24)28-15-11-21-9-12-25-26(30(21)34-28)13-8-20-10-14-27(33-29(20)25)22-5-2-4-19(16-22)18-31/h2*1-20H;2-17H. The molecule has 0 aliphatic carbocycles. The largest absolute Gasteiger partial charge is 0.264 e. The molecule has 12 nitrogen and oxygen atoms in total. The molecule has 10 heterocycles. The third kappa shape index (κ3) is 11.4. The minimum atomic E-state index is 0.598. The first kappa shape index (κ1) is 64.1. The summed E-state index contributed by atoms with van der Waals surface area (Å²) in [5.74, 6) is 0. The fourth-order valence-electron chi connectivity index (χ4n) is 15.5. The first-order valence-electron chi connectivity index (χ1n) is 36.1. The van der Waals surface area contributed by atoms with E-state index in [1.54, 1.807) is 12.1 Å². The van der Waals surface area contributed by atoms with E-state index in [1.807, 2.05) is 134 Å². The molecule has 0 amide bonds. The van der Waals surface area contributed by atoms with E-state index in [1.165, 1.54) is 0 Å². The molecule has 0 atom stereocenters. The lowest BCUT2D eigenvalue weighted by atomic mass is 9.99. The van der Waals surface area contributed by atoms with Gasteiger partial charge in [-0.2, -0.15) is 5.26 Å². The fourth-order valence-corrected chi connectivity index (χ4v) is 15.5. The van der Waals surface area contributed by atoms with Gasteiger partial charge in [0, 0.05) is 151 Å². The van der Waals surface area contributed by atoms with E-state index in [0.717, 1.165) is 209 Å². The van der Waals surface area contributed by atoms with Gasteiger partial charge in [-0.05, 0) is 107 Å². The molecule has 0 N–H and O–H groups in total. The van der Waals surface area contributed by atoms with Gasteiger partial charge in [-0.15, -0.1) is 0 Å². The smallest absolute Gasteiger partial charge is 0.187 e. The molecule has 110 heavy (non-hydrogen) atoms. The summed E-state index contributed by atoms with van der Waals surface area (Å²) in [7, 11) is 0. The lowest BCUT2D eigenvalue weighted by Crippen LogP contribution is -1.92. The molecule has 0 aliphatic heterocycles. The predicted molar refractivity (Wildman–Crippen MR) is 448 cm³/mol. The highest BCUT2D eigenvalue weighted by atomic mass is 14.8. The van der Waals surface area contributed by atoms with Gasteiger partial charge in [0.15, 0.2) is 5.69 Å². The van der Waals surface area contributed by atoms with Crippen LogP contribution in [0.2, 0.25) is 0 Å². The molecule has 22 aromatic rings. The molecule has 508 valence electrons. The molecule has 10 aromatic heterocycles. The summed E-state index contributed by atoms with van der Waals surface area (Å²) in [6.45, 7) is 7.30. The summed E-state index contributed by atoms with van der Waals surface area (Å²) < 4.78 is 0. The Bertz CT molecular complexity index is 6880. The third-order valence-electron chi connectivity index (χ3n) is 20.9. The van der Waals surface area contributed by atoms with Crippen molar-refractivity contribution in [2.75, 3.05) is 0 Å². The Kier molecular flexibility index (Phi) is 15.7. The Balaban J connectivity index is 0.000000108. The first-order chi connectivity index (χ1) is 54.4. The van der Waals surface area contributed by atoms with Crippen LogP contribution >= 0.6 is 0 Å². The summed E-state index contributed by atoms with van der Waals surface area (Å²) >= 11 is 0. The van der Waals surface area contributed by atoms with Crippen LogP contribution in [-0.4, -0.2) is 49.8 Å². The molecule has 0 aliphatic rings. The second-order valence-corrected chi connectivity index (χ2v) is 27.2. The van der Waals surface area contributed by atoms with Crippen molar-refractivity contribution in [3.8, 4) is 73.6 Å². The van der Waals surface area contributed by atoms with Gasteiger partial charge < -0.3 is 0 Å². The van der Waals surface area contributed by atoms with E-state index < -0.39 is 0 Å². The quantitative estimate of drug-likeness (QED) is 0.115. The second kappa shape index (κ2) is 26.9. The SMILES string of the molecule is [C-]#[N+]c1cccc(-c2ccc3ccc4c(ccc5ccc(-c6cccc(C#N)c6)nc54)c3n2)c1.c1cc(-c2ccc3ccc4c(ccc5ccc(-c6cccc7cnccc67)nc54)c3n2)c2ccncc2c1.c1ccc2c(-c3ccc4ccc5c(ccc6ccc(-c7ccnc8ccccc78)nc65)c4n3)ccnc2c1. The van der Waals surface area contributed by atoms with Crippen LogP contribution in [0.5, 0.6) is 0 Å². The topological polar surface area (TPSA) is 157 Å². The monoisotopic (exact) mass is 1400 g/mol. The van der Waals surface area contributed by atoms with Gasteiger partial charge in [-0.25, -0.2) is 34.7 Å². The van der Waals surface area contributed by atoms with E-state index in [4.69, 9.17) is 36.5 Å². The van der Waals surface area contributed by atoms with E-state index in [2.05, 4.69) is 225 Å². The van der Waals surface area contributed by atoms with E-state index in [0.29, 0.717) is 11.3 Å². The van der Waals surface area contributed by atoms with Crippen LogP contribution in [0.15, 0.2) is 340 Å². The average Bonchev–Trinajstić information content (AvgIpc) is 0.777. The maximum Gasteiger partial charge on any atom is 0.187 e. The van der Waals surface area contributed by atoms with Gasteiger partial charge in [0.2, 0.25) is 0 Å². The van der Waals surface area contributed by atoms with Crippen molar-refractivity contribution < 1.29 is 0 Å². The van der Waals surface area contributed by atoms with E-state index in [9.17, 15) is 5.26 Å². The Morgan fingerprint density at radius 3 is 0.982 bits per heavy atom. The van der Waals surface area contributed by atoms with Gasteiger partial charge in [-0.3, -0.25) is 19.9 Å². The summed E-state index contributed by atoms with van der Waals surface area (Å²) in [4.78, 5) is 51.9. The van der Waals surface area contributed by atoms with Crippen LogP contribution in [0.1, 0.15) is 5.56 Å². The lowest BCUT2D eigenvalue weighted by Gasteiger charge is -2.11. The maximum atomic E-state index is 9.26. The van der Waals surface area contributed by atoms with Gasteiger partial charge >= 0.3 is 0 Å². The summed E-state index contributed by atoms with van der Waals surface area (Å²) in [6.07, 6.45) is 11.2. The zero-order chi connectivity index (χ0) is 73.2. The zero-order valence-electron chi connectivity index (χ0n) is 58.7. The number of pyridine rings is 10. The number of aromatic nitrogens is 10. The third-order valence-corrected chi connectivity index (χ3v) is 20.9. The Hall–Kier alpha value is -15.5. The van der Waals surface area contributed by atoms with Crippen LogP contribution in [0.25, 0.3) is 213 Å². The number of benzene rings is 12. The van der Waals surface area contributed by atoms with Crippen LogP contribution in [0.4, 0.5) is 5.69 Å². The Morgan fingerprint density at radius 2 is 0.591 bits per heavy atom. The number of nitriles is 1. The minimum Gasteiger partial charge on any atom is -0.264 e. The number of nitrogens with zero attached hydrogens (tertiary/aromatic N) is 12. The highest BCUT2D eigenvalue weighted by molar-refractivity contribution is 6.19. The van der Waals surface area contributed by atoms with E-state index in [-0.39, 0.29) is 0 Å². The van der Waals surface area contributed by atoms with Crippen molar-refractivity contribution in [3.05, 3.63) is 357 Å². The molecule has 0 unspecified atom stereocenters. The molecular weight excluding hydrogens is 1350 g/mol. The molecule has 0 fully saturated rings. The molecule has 12 aromatic carbocycles. The van der Waals surface area contributed by atoms with Crippen molar-refractivity contribution in [1.82, 2.24) is 49.8 Å². The predicted octanol–water partition coefficient (Wildman–Crippen LogP) is 24.4. The van der Waals surface area contributed by atoms with Crippen molar-refractivity contribution in [2.45, 2.75) is 0 Å². The van der Waals surface area contributed by atoms with Gasteiger partial charge in [0.05, 0.1) is 96.5 Å². The van der Waals surface area contributed by atoms with Crippen LogP contribution < -0.4 is 0 Å². The number of fused-ring (bicyclic) bond motifs is 19. The zero-order valence-corrected chi connectivity index (χ0v) is 58.7. The molecule has 0 bridgehead atoms. The average molecular weight is 1400 g/mol. The summed E-state index contributed by atoms with van der Waals surface area (Å²) in [5.41, 5.74) is 20.5. The first-order valence-corrected chi connectivity index (χ1v) is 36.1. The second-order valence-electron chi connectivity index (χ2n) is 27.2. The molecule has 0 saturated carbocycles. The number of hydrogen-bond donors (Lipinski definition) is 0. The minimum absolute atomic E-state index is 0.598. The van der Waals surface area contributed by atoms with Gasteiger partial charge in [-0.1, -0.05) is 212 Å². The van der Waals surface area contributed by atoms with E-state index >= 15 is 0 Å². The lowest BCUT2D eigenvalue weighted by molar-refractivity contribution is 1.36. The van der Waals surface area contributed by atoms with Crippen molar-refractivity contribution in [1.29, 1.82) is 5.26 Å². The van der Waals surface area contributed by atoms with Crippen molar-refractivity contribution in [3.63, 3.8) is 0 Å². The van der Waals surface area contributed by atoms with Crippen LogP contribution in [-0.2, 0) is 0 Å². The van der Waals surface area contributed by atoms with Gasteiger partial charge in [0.1, 0.15) is 0 Å². The number of hydrogen-bond acceptors (Lipinski definition) is 11. The number of para-hydroxylation sites is 2. The molecule has 0 radical (unpaired) electrons. The van der Waals surface area contributed by atoms with Crippen LogP contribution in [0, 0.1) is 17.9 Å². The fraction of sp³-hybridized carbons (Fsp3) is 0. The molecule has 0 spiro atoms. The van der Waals surface area contributed by atoms with Crippen molar-refractivity contribution >= 4 is 147 Å². The Labute approximate surface area is 629 Å². The molecule has 12 heteroatoms. The summed E-state index contributed by atoms with van der Waals surface area (Å²) in [6, 6.07) is 105. The van der Waals surface area contributed by atoms with Gasteiger partial charge in [0.25, 0.3) is 0 Å².